The molecule has 0 spiro atoms. The van der Waals surface area contributed by atoms with Gasteiger partial charge in [-0.2, -0.15) is 0 Å². The highest BCUT2D eigenvalue weighted by molar-refractivity contribution is 8.00. The number of hydrogen-bond acceptors (Lipinski definition) is 8. The summed E-state index contributed by atoms with van der Waals surface area (Å²) in [5.41, 5.74) is 1.02. The molecule has 3 aromatic rings. The lowest BCUT2D eigenvalue weighted by Gasteiger charge is -2.43. The van der Waals surface area contributed by atoms with Crippen LogP contribution in [0.2, 0.25) is 0 Å². The van der Waals surface area contributed by atoms with Gasteiger partial charge in [-0.15, -0.1) is 11.8 Å². The van der Waals surface area contributed by atoms with Gasteiger partial charge in [0.1, 0.15) is 17.5 Å². The number of ether oxygens (including phenoxy) is 2. The highest BCUT2D eigenvalue weighted by Crippen LogP contribution is 2.68. The van der Waals surface area contributed by atoms with E-state index in [0.29, 0.717) is 5.75 Å². The van der Waals surface area contributed by atoms with E-state index in [2.05, 4.69) is 11.1 Å². The fourth-order valence-corrected chi connectivity index (χ4v) is 10.5. The van der Waals surface area contributed by atoms with Crippen LogP contribution >= 0.6 is 23.1 Å². The summed E-state index contributed by atoms with van der Waals surface area (Å²) in [7, 11) is 0. The summed E-state index contributed by atoms with van der Waals surface area (Å²) in [5.74, 6) is -0.680. The molecule has 8 atom stereocenters. The quantitative estimate of drug-likeness (QED) is 0.317. The van der Waals surface area contributed by atoms with Crippen molar-refractivity contribution in [3.63, 3.8) is 0 Å². The predicted octanol–water partition coefficient (Wildman–Crippen LogP) is 5.04. The molecular formula is C31H30N2O6S2. The van der Waals surface area contributed by atoms with E-state index < -0.39 is 23.8 Å². The molecule has 212 valence electrons. The second-order valence-electron chi connectivity index (χ2n) is 11.7. The number of thiazole rings is 1. The van der Waals surface area contributed by atoms with Gasteiger partial charge in [-0.05, 0) is 74.8 Å². The number of H-pyrrole nitrogens is 1. The number of benzene rings is 2. The Balaban J connectivity index is 1.25. The minimum absolute atomic E-state index is 0.0161. The third-order valence-electron chi connectivity index (χ3n) is 9.03. The Morgan fingerprint density at radius 1 is 0.951 bits per heavy atom. The van der Waals surface area contributed by atoms with Crippen molar-refractivity contribution in [1.29, 1.82) is 0 Å². The number of fused-ring (bicyclic) bond motifs is 9. The summed E-state index contributed by atoms with van der Waals surface area (Å²) in [5, 5.41) is 0.921. The molecule has 2 amide bonds. The number of likely N-dealkylation sites (tertiary alicyclic amines) is 1. The molecule has 2 bridgehead atoms. The SMILES string of the molecule is CC(C)OC(=O)C(C)N1C(=O)C2C3CC(C2C1=O)C1C(c2cccc(Oc4ccccc4)c2)c2sc(=O)[nH]c2SC31. The van der Waals surface area contributed by atoms with E-state index in [1.165, 1.54) is 16.2 Å². The highest BCUT2D eigenvalue weighted by Gasteiger charge is 2.70. The Morgan fingerprint density at radius 3 is 2.39 bits per heavy atom. The lowest BCUT2D eigenvalue weighted by Crippen LogP contribution is -2.45. The van der Waals surface area contributed by atoms with Gasteiger partial charge < -0.3 is 14.5 Å². The van der Waals surface area contributed by atoms with Gasteiger partial charge in [-0.3, -0.25) is 19.3 Å². The van der Waals surface area contributed by atoms with Crippen LogP contribution in [0.25, 0.3) is 0 Å². The maximum absolute atomic E-state index is 13.9. The fraction of sp³-hybridized carbons (Fsp3) is 0.419. The van der Waals surface area contributed by atoms with Gasteiger partial charge in [0.15, 0.2) is 0 Å². The fourth-order valence-electron chi connectivity index (χ4n) is 7.63. The molecule has 0 radical (unpaired) electrons. The number of carbonyl (C=O) groups excluding carboxylic acids is 3. The molecule has 1 aromatic heterocycles. The molecule has 41 heavy (non-hydrogen) atoms. The molecule has 4 aliphatic rings. The first-order valence-corrected chi connectivity index (χ1v) is 15.7. The Kier molecular flexibility index (Phi) is 6.39. The smallest absolute Gasteiger partial charge is 0.329 e. The molecule has 1 saturated heterocycles. The van der Waals surface area contributed by atoms with Crippen molar-refractivity contribution in [2.24, 2.45) is 29.6 Å². The standard InChI is InChI=1S/C31H30N2O6S2/c1-14(2)38-30(36)15(3)33-28(34)23-19-13-20(24(23)29(33)35)25-22(19)21(26-27(40-25)32-31(37)41-26)16-8-7-11-18(12-16)39-17-9-5-4-6-10-17/h4-12,14-15,19-25H,13H2,1-3H3,(H,32,37). The van der Waals surface area contributed by atoms with Gasteiger partial charge in [-0.1, -0.05) is 41.7 Å². The number of nitrogens with zero attached hydrogens (tertiary/aromatic N) is 1. The summed E-state index contributed by atoms with van der Waals surface area (Å²) in [4.78, 5) is 57.9. The number of rotatable bonds is 6. The van der Waals surface area contributed by atoms with Crippen molar-refractivity contribution in [2.45, 2.75) is 55.5 Å². The molecule has 3 fully saturated rings. The van der Waals surface area contributed by atoms with Crippen molar-refractivity contribution in [3.05, 3.63) is 74.7 Å². The average molecular weight is 591 g/mol. The maximum atomic E-state index is 13.9. The number of esters is 1. The topological polar surface area (TPSA) is 106 Å². The van der Waals surface area contributed by atoms with Crippen LogP contribution in [0.15, 0.2) is 64.4 Å². The molecule has 2 aliphatic heterocycles. The molecule has 3 heterocycles. The van der Waals surface area contributed by atoms with Crippen molar-refractivity contribution in [2.75, 3.05) is 0 Å². The van der Waals surface area contributed by atoms with Gasteiger partial charge in [0.25, 0.3) is 0 Å². The third kappa shape index (κ3) is 4.17. The summed E-state index contributed by atoms with van der Waals surface area (Å²) < 4.78 is 11.5. The Hall–Kier alpha value is -3.37. The molecule has 1 N–H and O–H groups in total. The maximum Gasteiger partial charge on any atom is 0.329 e. The van der Waals surface area contributed by atoms with Gasteiger partial charge in [-0.25, -0.2) is 4.79 Å². The summed E-state index contributed by atoms with van der Waals surface area (Å²) >= 11 is 2.87. The van der Waals surface area contributed by atoms with E-state index in [1.54, 1.807) is 32.5 Å². The first kappa shape index (κ1) is 26.5. The van der Waals surface area contributed by atoms with Crippen LogP contribution in [0.4, 0.5) is 0 Å². The number of para-hydroxylation sites is 1. The number of imide groups is 1. The van der Waals surface area contributed by atoms with E-state index in [-0.39, 0.29) is 51.7 Å². The molecule has 2 aromatic carbocycles. The first-order valence-electron chi connectivity index (χ1n) is 14.0. The van der Waals surface area contributed by atoms with E-state index in [4.69, 9.17) is 9.47 Å². The van der Waals surface area contributed by atoms with Crippen molar-refractivity contribution < 1.29 is 23.9 Å². The molecule has 8 unspecified atom stereocenters. The van der Waals surface area contributed by atoms with Crippen LogP contribution in [0.1, 0.15) is 43.6 Å². The number of carbonyl (C=O) groups is 3. The normalized spacial score (nSPS) is 30.2. The van der Waals surface area contributed by atoms with Crippen LogP contribution in [-0.2, 0) is 19.1 Å². The minimum Gasteiger partial charge on any atom is -0.461 e. The predicted molar refractivity (Wildman–Crippen MR) is 154 cm³/mol. The summed E-state index contributed by atoms with van der Waals surface area (Å²) in [6, 6.07) is 16.6. The van der Waals surface area contributed by atoms with Crippen LogP contribution in [-0.4, -0.2) is 45.1 Å². The number of thioether (sulfide) groups is 1. The van der Waals surface area contributed by atoms with Crippen LogP contribution in [0.3, 0.4) is 0 Å². The molecular weight excluding hydrogens is 560 g/mol. The zero-order valence-corrected chi connectivity index (χ0v) is 24.4. The number of aromatic nitrogens is 1. The largest absolute Gasteiger partial charge is 0.461 e. The molecule has 10 heteroatoms. The number of amides is 2. The molecule has 2 saturated carbocycles. The Morgan fingerprint density at radius 2 is 1.66 bits per heavy atom. The second kappa shape index (κ2) is 9.87. The third-order valence-corrected chi connectivity index (χ3v) is 11.6. The van der Waals surface area contributed by atoms with Gasteiger partial charge in [0, 0.05) is 16.0 Å². The lowest BCUT2D eigenvalue weighted by molar-refractivity contribution is -0.161. The van der Waals surface area contributed by atoms with E-state index in [1.807, 2.05) is 48.5 Å². The summed E-state index contributed by atoms with van der Waals surface area (Å²) in [6.07, 6.45) is 0.445. The van der Waals surface area contributed by atoms with Crippen molar-refractivity contribution in [3.8, 4) is 11.5 Å². The number of hydrogen-bond donors (Lipinski definition) is 1. The van der Waals surface area contributed by atoms with Crippen LogP contribution in [0, 0.1) is 29.6 Å². The van der Waals surface area contributed by atoms with Crippen LogP contribution < -0.4 is 9.61 Å². The molecule has 7 rings (SSSR count). The van der Waals surface area contributed by atoms with E-state index >= 15 is 0 Å². The van der Waals surface area contributed by atoms with E-state index in [9.17, 15) is 19.2 Å². The second-order valence-corrected chi connectivity index (χ2v) is 13.9. The number of nitrogens with one attached hydrogen (secondary N) is 1. The highest BCUT2D eigenvalue weighted by atomic mass is 32.2. The molecule has 2 aliphatic carbocycles. The minimum atomic E-state index is -0.960. The Bertz CT molecular complexity index is 1600. The monoisotopic (exact) mass is 590 g/mol. The van der Waals surface area contributed by atoms with Gasteiger partial charge in [0.05, 0.1) is 23.0 Å². The van der Waals surface area contributed by atoms with Crippen molar-refractivity contribution in [1.82, 2.24) is 9.88 Å². The zero-order valence-electron chi connectivity index (χ0n) is 22.8. The van der Waals surface area contributed by atoms with Gasteiger partial charge in [0.2, 0.25) is 11.8 Å². The van der Waals surface area contributed by atoms with Crippen LogP contribution in [0.5, 0.6) is 11.5 Å². The van der Waals surface area contributed by atoms with Gasteiger partial charge >= 0.3 is 10.8 Å². The lowest BCUT2D eigenvalue weighted by atomic mass is 9.68. The van der Waals surface area contributed by atoms with Crippen molar-refractivity contribution >= 4 is 40.9 Å². The summed E-state index contributed by atoms with van der Waals surface area (Å²) in [6.45, 7) is 5.07. The first-order chi connectivity index (χ1) is 19.7. The van der Waals surface area contributed by atoms with E-state index in [0.717, 1.165) is 27.6 Å². The molecule has 8 nitrogen and oxygen atoms in total. The zero-order chi connectivity index (χ0) is 28.6. The Labute approximate surface area is 245 Å². The average Bonchev–Trinajstić information content (AvgIpc) is 3.67. The number of aromatic amines is 1.